The summed E-state index contributed by atoms with van der Waals surface area (Å²) in [6.45, 7) is 0. The van der Waals surface area contributed by atoms with Gasteiger partial charge in [-0.1, -0.05) is 12.1 Å². The Bertz CT molecular complexity index is 436. The maximum atomic E-state index is 11.4. The molecule has 1 saturated heterocycles. The summed E-state index contributed by atoms with van der Waals surface area (Å²) in [6.07, 6.45) is 1.04. The highest BCUT2D eigenvalue weighted by Gasteiger charge is 2.32. The monoisotopic (exact) mass is 251 g/mol. The van der Waals surface area contributed by atoms with Crippen LogP contribution in [0.5, 0.6) is 5.75 Å². The molecule has 1 fully saturated rings. The van der Waals surface area contributed by atoms with Crippen LogP contribution in [0, 0.1) is 0 Å². The molecule has 2 atom stereocenters. The Balaban J connectivity index is 2.07. The molecule has 2 unspecified atom stereocenters. The summed E-state index contributed by atoms with van der Waals surface area (Å²) in [5.74, 6) is 0.491. The van der Waals surface area contributed by atoms with Gasteiger partial charge in [0, 0.05) is 11.1 Å². The van der Waals surface area contributed by atoms with Crippen molar-refractivity contribution in [1.29, 1.82) is 0 Å². The molecule has 1 aliphatic rings. The number of nitrogens with one attached hydrogen (secondary N) is 1. The number of Topliss-reactive ketones (excluding diaryl/α,β-unsaturated/α-hetero) is 1. The lowest BCUT2D eigenvalue weighted by atomic mass is 10.0. The third kappa shape index (κ3) is 2.87. The van der Waals surface area contributed by atoms with Gasteiger partial charge in [-0.05, 0) is 24.1 Å². The van der Waals surface area contributed by atoms with Gasteiger partial charge in [-0.15, -0.1) is 11.8 Å². The number of phenolic OH excluding ortho intramolecular Hbond substituents is 1. The number of rotatable bonds is 4. The van der Waals surface area contributed by atoms with Crippen LogP contribution in [0.25, 0.3) is 0 Å². The van der Waals surface area contributed by atoms with Crippen molar-refractivity contribution in [2.24, 2.45) is 0 Å². The Morgan fingerprint density at radius 1 is 1.59 bits per heavy atom. The molecule has 2 rings (SSSR count). The summed E-state index contributed by atoms with van der Waals surface area (Å²) < 4.78 is 0. The molecule has 1 aromatic rings. The van der Waals surface area contributed by atoms with Gasteiger partial charge in [0.1, 0.15) is 5.75 Å². The van der Waals surface area contributed by atoms with Crippen molar-refractivity contribution in [1.82, 2.24) is 5.32 Å². The van der Waals surface area contributed by atoms with Crippen LogP contribution < -0.4 is 5.32 Å². The molecule has 17 heavy (non-hydrogen) atoms. The minimum Gasteiger partial charge on any atom is -0.508 e. The molecule has 0 aliphatic carbocycles. The van der Waals surface area contributed by atoms with Crippen molar-refractivity contribution in [2.45, 2.75) is 17.7 Å². The smallest absolute Gasteiger partial charge is 0.213 e. The number of phenols is 1. The maximum Gasteiger partial charge on any atom is 0.213 e. The van der Waals surface area contributed by atoms with E-state index in [1.807, 2.05) is 6.07 Å². The molecule has 0 aromatic heterocycles. The summed E-state index contributed by atoms with van der Waals surface area (Å²) in [6, 6.07) is 6.56. The molecule has 0 saturated carbocycles. The van der Waals surface area contributed by atoms with Crippen LogP contribution in [0.2, 0.25) is 0 Å². The number of hydrogen-bond donors (Lipinski definition) is 2. The Hall–Kier alpha value is -1.33. The van der Waals surface area contributed by atoms with Crippen molar-refractivity contribution in [3.05, 3.63) is 29.8 Å². The van der Waals surface area contributed by atoms with E-state index in [-0.39, 0.29) is 11.0 Å². The molecular formula is C12H13NO3S. The molecule has 0 spiro atoms. The predicted octanol–water partition coefficient (Wildman–Crippen LogP) is 0.734. The maximum absolute atomic E-state index is 11.4. The van der Waals surface area contributed by atoms with Crippen LogP contribution in [0.1, 0.15) is 5.56 Å². The molecule has 2 N–H and O–H groups in total. The normalized spacial score (nSPS) is 23.5. The summed E-state index contributed by atoms with van der Waals surface area (Å²) in [5.41, 5.74) is 0.967. The van der Waals surface area contributed by atoms with Crippen molar-refractivity contribution < 1.29 is 14.7 Å². The molecule has 0 bridgehead atoms. The molecule has 1 aliphatic heterocycles. The van der Waals surface area contributed by atoms with E-state index in [9.17, 15) is 14.7 Å². The third-order valence-electron chi connectivity index (χ3n) is 2.74. The average molecular weight is 251 g/mol. The SMILES string of the molecule is O=CC(=O)C1NCSC1Cc1cccc(O)c1. The Labute approximate surface area is 103 Å². The predicted molar refractivity (Wildman–Crippen MR) is 66.1 cm³/mol. The number of ketones is 1. The van der Waals surface area contributed by atoms with Crippen LogP contribution in [-0.2, 0) is 16.0 Å². The van der Waals surface area contributed by atoms with Gasteiger partial charge in [0.25, 0.3) is 0 Å². The highest BCUT2D eigenvalue weighted by molar-refractivity contribution is 8.00. The lowest BCUT2D eigenvalue weighted by Crippen LogP contribution is -2.39. The van der Waals surface area contributed by atoms with E-state index in [4.69, 9.17) is 0 Å². The molecule has 0 amide bonds. The average Bonchev–Trinajstić information content (AvgIpc) is 2.76. The first-order chi connectivity index (χ1) is 8.20. The second-order valence-corrected chi connectivity index (χ2v) is 5.15. The summed E-state index contributed by atoms with van der Waals surface area (Å²) in [7, 11) is 0. The Morgan fingerprint density at radius 2 is 2.41 bits per heavy atom. The quantitative estimate of drug-likeness (QED) is 0.610. The second kappa shape index (κ2) is 5.33. The molecule has 1 heterocycles. The van der Waals surface area contributed by atoms with Gasteiger partial charge >= 0.3 is 0 Å². The van der Waals surface area contributed by atoms with Crippen LogP contribution >= 0.6 is 11.8 Å². The molecule has 5 heteroatoms. The van der Waals surface area contributed by atoms with Crippen LogP contribution in [0.15, 0.2) is 24.3 Å². The van der Waals surface area contributed by atoms with E-state index in [0.29, 0.717) is 18.6 Å². The van der Waals surface area contributed by atoms with Crippen molar-refractivity contribution in [2.75, 3.05) is 5.88 Å². The Kier molecular flexibility index (Phi) is 3.81. The third-order valence-corrected chi connectivity index (χ3v) is 3.94. The van der Waals surface area contributed by atoms with E-state index in [1.54, 1.807) is 30.0 Å². The largest absolute Gasteiger partial charge is 0.508 e. The first-order valence-corrected chi connectivity index (χ1v) is 6.37. The fourth-order valence-electron chi connectivity index (χ4n) is 1.92. The fourth-order valence-corrected chi connectivity index (χ4v) is 3.15. The van der Waals surface area contributed by atoms with Gasteiger partial charge in [0.05, 0.1) is 6.04 Å². The number of benzene rings is 1. The molecule has 90 valence electrons. The van der Waals surface area contributed by atoms with Gasteiger partial charge < -0.3 is 5.11 Å². The van der Waals surface area contributed by atoms with E-state index in [1.165, 1.54) is 0 Å². The van der Waals surface area contributed by atoms with Gasteiger partial charge in [0.2, 0.25) is 5.78 Å². The van der Waals surface area contributed by atoms with Crippen molar-refractivity contribution in [3.63, 3.8) is 0 Å². The number of thioether (sulfide) groups is 1. The second-order valence-electron chi connectivity index (χ2n) is 3.93. The zero-order valence-electron chi connectivity index (χ0n) is 9.13. The Morgan fingerprint density at radius 3 is 3.12 bits per heavy atom. The topological polar surface area (TPSA) is 66.4 Å². The van der Waals surface area contributed by atoms with Gasteiger partial charge in [0.15, 0.2) is 6.29 Å². The first kappa shape index (κ1) is 12.1. The number of aromatic hydroxyl groups is 1. The van der Waals surface area contributed by atoms with Crippen molar-refractivity contribution >= 4 is 23.8 Å². The number of aldehydes is 1. The van der Waals surface area contributed by atoms with Crippen LogP contribution in [0.4, 0.5) is 0 Å². The van der Waals surface area contributed by atoms with E-state index in [2.05, 4.69) is 5.32 Å². The number of carbonyl (C=O) groups excluding carboxylic acids is 2. The number of carbonyl (C=O) groups is 2. The fraction of sp³-hybridized carbons (Fsp3) is 0.333. The van der Waals surface area contributed by atoms with Gasteiger partial charge in [-0.25, -0.2) is 0 Å². The zero-order chi connectivity index (χ0) is 12.3. The van der Waals surface area contributed by atoms with Crippen LogP contribution in [-0.4, -0.2) is 34.3 Å². The molecule has 4 nitrogen and oxygen atoms in total. The zero-order valence-corrected chi connectivity index (χ0v) is 9.94. The lowest BCUT2D eigenvalue weighted by molar-refractivity contribution is -0.131. The van der Waals surface area contributed by atoms with E-state index >= 15 is 0 Å². The van der Waals surface area contributed by atoms with Crippen molar-refractivity contribution in [3.8, 4) is 5.75 Å². The van der Waals surface area contributed by atoms with Crippen LogP contribution in [0.3, 0.4) is 0 Å². The lowest BCUT2D eigenvalue weighted by Gasteiger charge is -2.15. The molecular weight excluding hydrogens is 238 g/mol. The summed E-state index contributed by atoms with van der Waals surface area (Å²) >= 11 is 1.62. The van der Waals surface area contributed by atoms with E-state index in [0.717, 1.165) is 5.56 Å². The molecule has 1 aromatic carbocycles. The standard InChI is InChI=1S/C12H13NO3S/c14-6-10(16)12-11(17-7-13-12)5-8-2-1-3-9(15)4-8/h1-4,6,11-13,15H,5,7H2. The van der Waals surface area contributed by atoms with Gasteiger partial charge in [-0.2, -0.15) is 0 Å². The first-order valence-electron chi connectivity index (χ1n) is 5.32. The van der Waals surface area contributed by atoms with Gasteiger partial charge in [-0.3, -0.25) is 14.9 Å². The minimum absolute atomic E-state index is 0.0505. The highest BCUT2D eigenvalue weighted by atomic mass is 32.2. The molecule has 0 radical (unpaired) electrons. The summed E-state index contributed by atoms with van der Waals surface area (Å²) in [4.78, 5) is 21.9. The number of hydrogen-bond acceptors (Lipinski definition) is 5. The highest BCUT2D eigenvalue weighted by Crippen LogP contribution is 2.26. The summed E-state index contributed by atoms with van der Waals surface area (Å²) in [5, 5.41) is 12.4. The van der Waals surface area contributed by atoms with E-state index < -0.39 is 11.8 Å². The minimum atomic E-state index is -0.403.